The van der Waals surface area contributed by atoms with E-state index >= 15 is 0 Å². The van der Waals surface area contributed by atoms with Gasteiger partial charge in [-0.15, -0.1) is 0 Å². The summed E-state index contributed by atoms with van der Waals surface area (Å²) in [7, 11) is 0. The monoisotopic (exact) mass is 320 g/mol. The fourth-order valence-electron chi connectivity index (χ4n) is 4.50. The molecular weight excluding hydrogens is 304 g/mol. The molecule has 1 spiro atoms. The third kappa shape index (κ3) is 1.30. The van der Waals surface area contributed by atoms with E-state index in [2.05, 4.69) is 0 Å². The number of esters is 2. The third-order valence-corrected chi connectivity index (χ3v) is 5.61. The number of rotatable bonds is 0. The molecule has 0 aromatic heterocycles. The molecule has 4 aliphatic rings. The highest BCUT2D eigenvalue weighted by Gasteiger charge is 2.83. The molecule has 0 aromatic rings. The summed E-state index contributed by atoms with van der Waals surface area (Å²) in [5.74, 6) is -6.05. The molecule has 1 saturated carbocycles. The van der Waals surface area contributed by atoms with Crippen LogP contribution in [-0.4, -0.2) is 39.8 Å². The van der Waals surface area contributed by atoms with Crippen molar-refractivity contribution in [3.63, 3.8) is 0 Å². The van der Waals surface area contributed by atoms with Gasteiger partial charge in [0.15, 0.2) is 17.1 Å². The van der Waals surface area contributed by atoms with Gasteiger partial charge in [0.25, 0.3) is 5.79 Å². The second-order valence-corrected chi connectivity index (χ2v) is 6.77. The number of hydrogen-bond donors (Lipinski definition) is 1. The highest BCUT2D eigenvalue weighted by atomic mass is 16.7. The molecule has 1 saturated heterocycles. The van der Waals surface area contributed by atoms with Crippen molar-refractivity contribution in [1.82, 2.24) is 0 Å². The maximum absolute atomic E-state index is 12.7. The van der Waals surface area contributed by atoms with E-state index < -0.39 is 40.8 Å². The molecule has 0 amide bonds. The van der Waals surface area contributed by atoms with Crippen molar-refractivity contribution in [3.8, 4) is 0 Å². The minimum atomic E-state index is -2.25. The van der Waals surface area contributed by atoms with Crippen molar-refractivity contribution >= 4 is 17.7 Å². The van der Waals surface area contributed by atoms with Crippen LogP contribution in [0, 0.1) is 11.8 Å². The quantitative estimate of drug-likeness (QED) is 0.644. The Morgan fingerprint density at radius 1 is 1.22 bits per heavy atom. The highest BCUT2D eigenvalue weighted by Crippen LogP contribution is 2.63. The molecule has 0 radical (unpaired) electrons. The van der Waals surface area contributed by atoms with Gasteiger partial charge in [0, 0.05) is 24.0 Å². The molecule has 1 aliphatic carbocycles. The number of Topliss-reactive ketones (excluding diaryl/α,β-unsaturated/α-hetero) is 1. The Morgan fingerprint density at radius 2 is 1.91 bits per heavy atom. The Labute approximate surface area is 131 Å². The van der Waals surface area contributed by atoms with E-state index in [0.717, 1.165) is 0 Å². The molecule has 0 aromatic carbocycles. The molecule has 122 valence electrons. The average molecular weight is 320 g/mol. The molecule has 7 heteroatoms. The summed E-state index contributed by atoms with van der Waals surface area (Å²) in [5.41, 5.74) is -2.31. The topological polar surface area (TPSA) is 99.1 Å². The fourth-order valence-corrected chi connectivity index (χ4v) is 4.50. The van der Waals surface area contributed by atoms with Crippen LogP contribution in [0.1, 0.15) is 27.2 Å². The van der Waals surface area contributed by atoms with Gasteiger partial charge in [-0.25, -0.2) is 4.79 Å². The normalized spacial score (nSPS) is 47.6. The Hall–Kier alpha value is -2.15. The second-order valence-electron chi connectivity index (χ2n) is 6.77. The van der Waals surface area contributed by atoms with Crippen molar-refractivity contribution in [3.05, 3.63) is 23.5 Å². The first-order valence-electron chi connectivity index (χ1n) is 7.45. The van der Waals surface area contributed by atoms with E-state index in [4.69, 9.17) is 14.2 Å². The molecule has 5 atom stereocenters. The lowest BCUT2D eigenvalue weighted by atomic mass is 9.58. The molecule has 3 aliphatic heterocycles. The molecule has 5 unspecified atom stereocenters. The minimum Gasteiger partial charge on any atom is -0.485 e. The average Bonchev–Trinajstić information content (AvgIpc) is 2.80. The fraction of sp³-hybridized carbons (Fsp3) is 0.562. The summed E-state index contributed by atoms with van der Waals surface area (Å²) in [6, 6.07) is 0. The van der Waals surface area contributed by atoms with E-state index in [1.54, 1.807) is 20.8 Å². The number of hydrogen-bond acceptors (Lipinski definition) is 7. The van der Waals surface area contributed by atoms with E-state index in [1.165, 1.54) is 12.3 Å². The van der Waals surface area contributed by atoms with Gasteiger partial charge in [0.2, 0.25) is 5.78 Å². The zero-order valence-corrected chi connectivity index (χ0v) is 12.9. The summed E-state index contributed by atoms with van der Waals surface area (Å²) >= 11 is 0. The predicted octanol–water partition coefficient (Wildman–Crippen LogP) is 0.372. The second kappa shape index (κ2) is 3.84. The van der Waals surface area contributed by atoms with Gasteiger partial charge in [0.1, 0.15) is 0 Å². The Balaban J connectivity index is 1.96. The summed E-state index contributed by atoms with van der Waals surface area (Å²) in [4.78, 5) is 37.1. The van der Waals surface area contributed by atoms with Gasteiger partial charge >= 0.3 is 11.9 Å². The number of aliphatic hydroxyl groups is 1. The van der Waals surface area contributed by atoms with Crippen molar-refractivity contribution in [2.75, 3.05) is 0 Å². The van der Waals surface area contributed by atoms with Crippen molar-refractivity contribution < 1.29 is 33.7 Å². The molecule has 4 rings (SSSR count). The lowest BCUT2D eigenvalue weighted by Crippen LogP contribution is -2.72. The standard InChI is InChI=1S/C16H16O7/c1-7-6-21-15(12(7)18)9(3)5-14-8(2)4-10(17)22-16(14,20)11(15)13(19)23-14/h4,6,9,11,20H,5H2,1-3H3. The van der Waals surface area contributed by atoms with Crippen LogP contribution in [0.5, 0.6) is 0 Å². The first-order chi connectivity index (χ1) is 10.7. The van der Waals surface area contributed by atoms with Crippen molar-refractivity contribution in [2.24, 2.45) is 11.8 Å². The summed E-state index contributed by atoms with van der Waals surface area (Å²) in [6.07, 6.45) is 2.61. The van der Waals surface area contributed by atoms with Gasteiger partial charge in [-0.3, -0.25) is 9.59 Å². The molecule has 2 fully saturated rings. The van der Waals surface area contributed by atoms with E-state index in [-0.39, 0.29) is 12.2 Å². The van der Waals surface area contributed by atoms with Crippen LogP contribution in [0.15, 0.2) is 23.5 Å². The zero-order chi connectivity index (χ0) is 16.8. The number of carbonyl (C=O) groups excluding carboxylic acids is 3. The smallest absolute Gasteiger partial charge is 0.333 e. The lowest BCUT2D eigenvalue weighted by Gasteiger charge is -2.53. The Morgan fingerprint density at radius 3 is 2.52 bits per heavy atom. The molecular formula is C16H16O7. The van der Waals surface area contributed by atoms with Crippen molar-refractivity contribution in [2.45, 2.75) is 44.2 Å². The number of ether oxygens (including phenoxy) is 3. The van der Waals surface area contributed by atoms with Gasteiger partial charge in [-0.1, -0.05) is 6.92 Å². The van der Waals surface area contributed by atoms with Crippen LogP contribution >= 0.6 is 0 Å². The molecule has 1 N–H and O–H groups in total. The predicted molar refractivity (Wildman–Crippen MR) is 73.5 cm³/mol. The summed E-state index contributed by atoms with van der Waals surface area (Å²) in [6.45, 7) is 4.95. The number of carbonyl (C=O) groups is 3. The van der Waals surface area contributed by atoms with Crippen LogP contribution in [0.3, 0.4) is 0 Å². The highest BCUT2D eigenvalue weighted by molar-refractivity contribution is 6.07. The van der Waals surface area contributed by atoms with Gasteiger partial charge < -0.3 is 19.3 Å². The third-order valence-electron chi connectivity index (χ3n) is 5.61. The van der Waals surface area contributed by atoms with Crippen molar-refractivity contribution in [1.29, 1.82) is 0 Å². The minimum absolute atomic E-state index is 0.119. The van der Waals surface area contributed by atoms with Gasteiger partial charge in [-0.2, -0.15) is 0 Å². The van der Waals surface area contributed by atoms with E-state index in [9.17, 15) is 19.5 Å². The molecule has 3 heterocycles. The molecule has 7 nitrogen and oxygen atoms in total. The SMILES string of the molecule is CC1=COC2(C1=O)C(C)CC13OC(=O)C2C1(O)OC(=O)C=C3C. The number of ketones is 1. The van der Waals surface area contributed by atoms with E-state index in [1.807, 2.05) is 0 Å². The Kier molecular flexibility index (Phi) is 2.41. The van der Waals surface area contributed by atoms with Gasteiger partial charge in [0.05, 0.1) is 6.26 Å². The lowest BCUT2D eigenvalue weighted by molar-refractivity contribution is -0.304. The number of fused-ring (bicyclic) bond motifs is 1. The maximum Gasteiger partial charge on any atom is 0.333 e. The van der Waals surface area contributed by atoms with Crippen LogP contribution in [0.4, 0.5) is 0 Å². The first kappa shape index (κ1) is 14.4. The summed E-state index contributed by atoms with van der Waals surface area (Å²) < 4.78 is 16.3. The molecule has 23 heavy (non-hydrogen) atoms. The van der Waals surface area contributed by atoms with E-state index in [0.29, 0.717) is 11.1 Å². The van der Waals surface area contributed by atoms with Crippen LogP contribution in [-0.2, 0) is 28.6 Å². The maximum atomic E-state index is 12.7. The zero-order valence-electron chi connectivity index (χ0n) is 12.9. The van der Waals surface area contributed by atoms with Crippen LogP contribution < -0.4 is 0 Å². The van der Waals surface area contributed by atoms with Crippen LogP contribution in [0.25, 0.3) is 0 Å². The molecule has 2 bridgehead atoms. The Bertz CT molecular complexity index is 735. The van der Waals surface area contributed by atoms with Crippen LogP contribution in [0.2, 0.25) is 0 Å². The van der Waals surface area contributed by atoms with Gasteiger partial charge in [-0.05, 0) is 19.4 Å². The largest absolute Gasteiger partial charge is 0.485 e. The summed E-state index contributed by atoms with van der Waals surface area (Å²) in [5, 5.41) is 11.2. The first-order valence-corrected chi connectivity index (χ1v) is 7.45.